The van der Waals surface area contributed by atoms with E-state index in [4.69, 9.17) is 32.7 Å². The second-order valence-electron chi connectivity index (χ2n) is 7.06. The van der Waals surface area contributed by atoms with Crippen LogP contribution in [-0.4, -0.2) is 56.1 Å². The normalized spacial score (nSPS) is 13.8. The molecule has 0 atom stereocenters. The Bertz CT molecular complexity index is 978. The lowest BCUT2D eigenvalue weighted by Crippen LogP contribution is -2.48. The number of hydrogen-bond acceptors (Lipinski definition) is 6. The number of benzene rings is 2. The lowest BCUT2D eigenvalue weighted by molar-refractivity contribution is -0.385. The number of piperazine rings is 1. The van der Waals surface area contributed by atoms with E-state index in [1.54, 1.807) is 17.0 Å². The van der Waals surface area contributed by atoms with E-state index in [1.165, 1.54) is 20.3 Å². The van der Waals surface area contributed by atoms with E-state index in [0.717, 1.165) is 5.69 Å². The molecule has 2 aromatic rings. The van der Waals surface area contributed by atoms with Crippen molar-refractivity contribution in [3.8, 4) is 11.5 Å². The number of nitrogens with zero attached hydrogens (tertiary/aromatic N) is 3. The Kier molecular flexibility index (Phi) is 7.46. The van der Waals surface area contributed by atoms with Crippen molar-refractivity contribution >= 4 is 40.5 Å². The van der Waals surface area contributed by atoms with Crippen molar-refractivity contribution in [3.63, 3.8) is 0 Å². The molecule has 0 spiro atoms. The number of rotatable bonds is 7. The van der Waals surface area contributed by atoms with Crippen LogP contribution in [0.4, 0.5) is 11.4 Å². The lowest BCUT2D eigenvalue weighted by Gasteiger charge is -2.36. The SMILES string of the molecule is COc1cc(CCC(=O)N2CCN(c3ccc(Cl)c(Cl)c3)CC2)c([N+](=O)[O-])cc1OC. The van der Waals surface area contributed by atoms with Crippen molar-refractivity contribution in [3.05, 3.63) is 56.1 Å². The molecule has 1 aliphatic heterocycles. The van der Waals surface area contributed by atoms with Crippen LogP contribution in [0.15, 0.2) is 30.3 Å². The Morgan fingerprint density at radius 3 is 2.26 bits per heavy atom. The molecule has 0 radical (unpaired) electrons. The number of carbonyl (C=O) groups excluding carboxylic acids is 1. The molecule has 0 aliphatic carbocycles. The van der Waals surface area contributed by atoms with Gasteiger partial charge in [-0.3, -0.25) is 14.9 Å². The van der Waals surface area contributed by atoms with Gasteiger partial charge in [-0.15, -0.1) is 0 Å². The topological polar surface area (TPSA) is 85.2 Å². The highest BCUT2D eigenvalue weighted by Crippen LogP contribution is 2.35. The molecule has 1 fully saturated rings. The van der Waals surface area contributed by atoms with Crippen LogP contribution in [0.5, 0.6) is 11.5 Å². The molecular weight excluding hydrogens is 445 g/mol. The molecule has 8 nitrogen and oxygen atoms in total. The Balaban J connectivity index is 1.62. The van der Waals surface area contributed by atoms with E-state index in [0.29, 0.717) is 47.5 Å². The smallest absolute Gasteiger partial charge is 0.276 e. The van der Waals surface area contributed by atoms with Crippen LogP contribution in [0.1, 0.15) is 12.0 Å². The highest BCUT2D eigenvalue weighted by Gasteiger charge is 2.24. The molecular formula is C21H23Cl2N3O5. The first kappa shape index (κ1) is 23.0. The standard InChI is InChI=1S/C21H23Cl2N3O5/c1-30-19-11-14(18(26(28)29)13-20(19)31-2)3-6-21(27)25-9-7-24(8-10-25)15-4-5-16(22)17(23)12-15/h4-5,11-13H,3,6-10H2,1-2H3. The van der Waals surface area contributed by atoms with Gasteiger partial charge in [0.1, 0.15) is 0 Å². The third-order valence-electron chi connectivity index (χ3n) is 5.29. The first-order chi connectivity index (χ1) is 14.8. The second kappa shape index (κ2) is 10.1. The van der Waals surface area contributed by atoms with Crippen LogP contribution in [0, 0.1) is 10.1 Å². The quantitative estimate of drug-likeness (QED) is 0.447. The molecule has 166 valence electrons. The number of halogens is 2. The van der Waals surface area contributed by atoms with Crippen LogP contribution in [0.2, 0.25) is 10.0 Å². The van der Waals surface area contributed by atoms with Crippen LogP contribution in [0.3, 0.4) is 0 Å². The Morgan fingerprint density at radius 2 is 1.68 bits per heavy atom. The summed E-state index contributed by atoms with van der Waals surface area (Å²) < 4.78 is 10.4. The molecule has 1 amide bonds. The molecule has 0 aromatic heterocycles. The Labute approximate surface area is 190 Å². The zero-order chi connectivity index (χ0) is 22.5. The predicted octanol–water partition coefficient (Wildman–Crippen LogP) is 4.20. The molecule has 0 unspecified atom stereocenters. The summed E-state index contributed by atoms with van der Waals surface area (Å²) in [6.07, 6.45) is 0.408. The number of ether oxygens (including phenoxy) is 2. The van der Waals surface area contributed by atoms with Gasteiger partial charge < -0.3 is 19.3 Å². The second-order valence-corrected chi connectivity index (χ2v) is 7.87. The van der Waals surface area contributed by atoms with Gasteiger partial charge in [0.2, 0.25) is 5.91 Å². The zero-order valence-corrected chi connectivity index (χ0v) is 18.8. The molecule has 0 N–H and O–H groups in total. The van der Waals surface area contributed by atoms with Crippen LogP contribution in [0.25, 0.3) is 0 Å². The fraction of sp³-hybridized carbons (Fsp3) is 0.381. The highest BCUT2D eigenvalue weighted by molar-refractivity contribution is 6.42. The van der Waals surface area contributed by atoms with Crippen LogP contribution < -0.4 is 14.4 Å². The van der Waals surface area contributed by atoms with E-state index in [9.17, 15) is 14.9 Å². The molecule has 0 bridgehead atoms. The van der Waals surface area contributed by atoms with E-state index in [-0.39, 0.29) is 30.2 Å². The fourth-order valence-electron chi connectivity index (χ4n) is 3.58. The summed E-state index contributed by atoms with van der Waals surface area (Å²) in [5.41, 5.74) is 1.31. The number of carbonyl (C=O) groups is 1. The van der Waals surface area contributed by atoms with Gasteiger partial charge >= 0.3 is 0 Å². The lowest BCUT2D eigenvalue weighted by atomic mass is 10.1. The molecule has 31 heavy (non-hydrogen) atoms. The van der Waals surface area contributed by atoms with Crippen molar-refractivity contribution in [1.29, 1.82) is 0 Å². The zero-order valence-electron chi connectivity index (χ0n) is 17.3. The number of methoxy groups -OCH3 is 2. The van der Waals surface area contributed by atoms with Crippen LogP contribution in [-0.2, 0) is 11.2 Å². The maximum atomic E-state index is 12.7. The Morgan fingerprint density at radius 1 is 1.03 bits per heavy atom. The molecule has 1 heterocycles. The summed E-state index contributed by atoms with van der Waals surface area (Å²) in [5, 5.41) is 12.4. The van der Waals surface area contributed by atoms with Crippen molar-refractivity contribution in [2.45, 2.75) is 12.8 Å². The average Bonchev–Trinajstić information content (AvgIpc) is 2.78. The van der Waals surface area contributed by atoms with E-state index < -0.39 is 4.92 Å². The minimum atomic E-state index is -0.474. The van der Waals surface area contributed by atoms with E-state index in [2.05, 4.69) is 4.90 Å². The fourth-order valence-corrected chi connectivity index (χ4v) is 3.87. The largest absolute Gasteiger partial charge is 0.493 e. The summed E-state index contributed by atoms with van der Waals surface area (Å²) in [6.45, 7) is 2.46. The molecule has 10 heteroatoms. The van der Waals surface area contributed by atoms with Gasteiger partial charge in [-0.2, -0.15) is 0 Å². The third kappa shape index (κ3) is 5.32. The van der Waals surface area contributed by atoms with E-state index in [1.807, 2.05) is 12.1 Å². The average molecular weight is 468 g/mol. The monoisotopic (exact) mass is 467 g/mol. The summed E-state index contributed by atoms with van der Waals surface area (Å²) in [5.74, 6) is 0.631. The minimum Gasteiger partial charge on any atom is -0.493 e. The number of hydrogen-bond donors (Lipinski definition) is 0. The maximum Gasteiger partial charge on any atom is 0.276 e. The third-order valence-corrected chi connectivity index (χ3v) is 6.03. The summed E-state index contributed by atoms with van der Waals surface area (Å²) >= 11 is 12.1. The van der Waals surface area contributed by atoms with Crippen molar-refractivity contribution < 1.29 is 19.2 Å². The number of amides is 1. The van der Waals surface area contributed by atoms with Gasteiger partial charge in [0.25, 0.3) is 5.69 Å². The van der Waals surface area contributed by atoms with Crippen molar-refractivity contribution in [2.24, 2.45) is 0 Å². The molecule has 2 aromatic carbocycles. The van der Waals surface area contributed by atoms with Gasteiger partial charge in [-0.05, 0) is 30.7 Å². The Hall–Kier alpha value is -2.71. The van der Waals surface area contributed by atoms with Crippen molar-refractivity contribution in [1.82, 2.24) is 4.90 Å². The van der Waals surface area contributed by atoms with Gasteiger partial charge in [0.05, 0.1) is 35.3 Å². The number of nitro groups is 1. The first-order valence-electron chi connectivity index (χ1n) is 9.71. The summed E-state index contributed by atoms with van der Waals surface area (Å²) in [6, 6.07) is 8.37. The molecule has 3 rings (SSSR count). The first-order valence-corrected chi connectivity index (χ1v) is 10.5. The number of nitro benzene ring substituents is 1. The highest BCUT2D eigenvalue weighted by atomic mass is 35.5. The van der Waals surface area contributed by atoms with Gasteiger partial charge in [-0.25, -0.2) is 0 Å². The van der Waals surface area contributed by atoms with Gasteiger partial charge in [-0.1, -0.05) is 23.2 Å². The van der Waals surface area contributed by atoms with Crippen LogP contribution >= 0.6 is 23.2 Å². The number of anilines is 1. The molecule has 1 aliphatic rings. The number of aryl methyl sites for hydroxylation is 1. The summed E-state index contributed by atoms with van der Waals surface area (Å²) in [4.78, 5) is 27.6. The molecule has 1 saturated heterocycles. The van der Waals surface area contributed by atoms with Gasteiger partial charge in [0.15, 0.2) is 11.5 Å². The summed E-state index contributed by atoms with van der Waals surface area (Å²) in [7, 11) is 2.88. The molecule has 0 saturated carbocycles. The maximum absolute atomic E-state index is 12.7. The van der Waals surface area contributed by atoms with E-state index >= 15 is 0 Å². The van der Waals surface area contributed by atoms with Gasteiger partial charge in [0, 0.05) is 43.9 Å². The van der Waals surface area contributed by atoms with Crippen molar-refractivity contribution in [2.75, 3.05) is 45.3 Å². The predicted molar refractivity (Wildman–Crippen MR) is 120 cm³/mol. The minimum absolute atomic E-state index is 0.0436.